The van der Waals surface area contributed by atoms with Crippen LogP contribution in [0, 0.1) is 5.92 Å². The van der Waals surface area contributed by atoms with Crippen molar-refractivity contribution in [3.8, 4) is 0 Å². The van der Waals surface area contributed by atoms with Gasteiger partial charge in [0.15, 0.2) is 0 Å². The highest BCUT2D eigenvalue weighted by molar-refractivity contribution is 5.80. The third-order valence-corrected chi connectivity index (χ3v) is 5.54. The average Bonchev–Trinajstić information content (AvgIpc) is 3.18. The Bertz CT molecular complexity index is 501. The van der Waals surface area contributed by atoms with E-state index in [9.17, 15) is 4.79 Å². The maximum absolute atomic E-state index is 12.9. The first-order chi connectivity index (χ1) is 10.7. The fraction of sp³-hybridized carbons (Fsp3) is 0.632. The van der Waals surface area contributed by atoms with E-state index in [-0.39, 0.29) is 12.0 Å². The predicted molar refractivity (Wildman–Crippen MR) is 89.5 cm³/mol. The van der Waals surface area contributed by atoms with Crippen molar-refractivity contribution in [1.29, 1.82) is 0 Å². The van der Waals surface area contributed by atoms with Crippen LogP contribution in [0.3, 0.4) is 0 Å². The molecule has 3 nitrogen and oxygen atoms in total. The molecule has 120 valence electrons. The Kier molecular flexibility index (Phi) is 4.82. The minimum absolute atomic E-state index is 0.170. The van der Waals surface area contributed by atoms with Gasteiger partial charge in [0.2, 0.25) is 5.91 Å². The van der Waals surface area contributed by atoms with Crippen LogP contribution in [-0.4, -0.2) is 29.4 Å². The van der Waals surface area contributed by atoms with Crippen LogP contribution in [0.15, 0.2) is 30.3 Å². The fourth-order valence-electron chi connectivity index (χ4n) is 4.39. The van der Waals surface area contributed by atoms with Crippen molar-refractivity contribution < 1.29 is 4.79 Å². The molecule has 3 heteroatoms. The summed E-state index contributed by atoms with van der Waals surface area (Å²) in [6, 6.07) is 11.3. The molecule has 1 aliphatic heterocycles. The van der Waals surface area contributed by atoms with Gasteiger partial charge in [-0.2, -0.15) is 0 Å². The number of rotatable bonds is 4. The molecule has 4 unspecified atom stereocenters. The minimum atomic E-state index is 0.170. The molecule has 1 aromatic rings. The number of hydrogen-bond acceptors (Lipinski definition) is 2. The maximum Gasteiger partial charge on any atom is 0.226 e. The first-order valence-electron chi connectivity index (χ1n) is 8.81. The van der Waals surface area contributed by atoms with E-state index < -0.39 is 0 Å². The third-order valence-electron chi connectivity index (χ3n) is 5.54. The molecule has 2 N–H and O–H groups in total. The van der Waals surface area contributed by atoms with Gasteiger partial charge >= 0.3 is 0 Å². The largest absolute Gasteiger partial charge is 0.339 e. The van der Waals surface area contributed by atoms with E-state index >= 15 is 0 Å². The van der Waals surface area contributed by atoms with Crippen LogP contribution in [0.2, 0.25) is 0 Å². The molecule has 0 spiro atoms. The average molecular weight is 300 g/mol. The van der Waals surface area contributed by atoms with E-state index in [1.807, 2.05) is 0 Å². The molecule has 1 saturated carbocycles. The zero-order valence-corrected chi connectivity index (χ0v) is 13.6. The van der Waals surface area contributed by atoms with Gasteiger partial charge in [-0.05, 0) is 44.1 Å². The number of carbonyl (C=O) groups is 1. The lowest BCUT2D eigenvalue weighted by Crippen LogP contribution is -2.42. The second kappa shape index (κ2) is 6.82. The lowest BCUT2D eigenvalue weighted by Gasteiger charge is -2.33. The zero-order chi connectivity index (χ0) is 15.5. The lowest BCUT2D eigenvalue weighted by atomic mass is 9.87. The molecule has 0 radical (unpaired) electrons. The minimum Gasteiger partial charge on any atom is -0.339 e. The van der Waals surface area contributed by atoms with Crippen LogP contribution in [0.1, 0.15) is 56.9 Å². The van der Waals surface area contributed by atoms with Gasteiger partial charge in [0, 0.05) is 30.5 Å². The standard InChI is InChI=1S/C19H28N2O/c1-2-17(14-7-4-3-5-8-14)18-9-6-12-21(18)19(22)15-10-11-16(20)13-15/h3-5,7-8,15-18H,2,6,9-13,20H2,1H3. The van der Waals surface area contributed by atoms with Crippen molar-refractivity contribution in [1.82, 2.24) is 4.90 Å². The van der Waals surface area contributed by atoms with Crippen molar-refractivity contribution in [2.24, 2.45) is 11.7 Å². The number of carbonyl (C=O) groups excluding carboxylic acids is 1. The van der Waals surface area contributed by atoms with Crippen molar-refractivity contribution in [2.45, 2.75) is 63.5 Å². The molecule has 1 aromatic carbocycles. The Hall–Kier alpha value is -1.35. The van der Waals surface area contributed by atoms with Gasteiger partial charge in [0.25, 0.3) is 0 Å². The summed E-state index contributed by atoms with van der Waals surface area (Å²) in [5.74, 6) is 0.997. The second-order valence-corrected chi connectivity index (χ2v) is 6.94. The number of likely N-dealkylation sites (tertiary alicyclic amines) is 1. The molecule has 2 fully saturated rings. The summed E-state index contributed by atoms with van der Waals surface area (Å²) in [7, 11) is 0. The second-order valence-electron chi connectivity index (χ2n) is 6.94. The molecule has 2 aliphatic rings. The molecule has 0 aromatic heterocycles. The van der Waals surface area contributed by atoms with Gasteiger partial charge in [-0.3, -0.25) is 4.79 Å². The van der Waals surface area contributed by atoms with Gasteiger partial charge in [0.1, 0.15) is 0 Å². The SMILES string of the molecule is CCC(c1ccccc1)C1CCCN1C(=O)C1CCC(N)C1. The summed E-state index contributed by atoms with van der Waals surface area (Å²) >= 11 is 0. The van der Waals surface area contributed by atoms with E-state index in [2.05, 4.69) is 42.2 Å². The highest BCUT2D eigenvalue weighted by atomic mass is 16.2. The lowest BCUT2D eigenvalue weighted by molar-refractivity contribution is -0.136. The first-order valence-corrected chi connectivity index (χ1v) is 8.81. The number of nitrogens with two attached hydrogens (primary N) is 1. The van der Waals surface area contributed by atoms with Crippen LogP contribution < -0.4 is 5.73 Å². The number of benzene rings is 1. The Morgan fingerprint density at radius 1 is 1.27 bits per heavy atom. The summed E-state index contributed by atoms with van der Waals surface area (Å²) in [5, 5.41) is 0. The Morgan fingerprint density at radius 2 is 2.05 bits per heavy atom. The first kappa shape index (κ1) is 15.5. The Balaban J connectivity index is 1.76. The van der Waals surface area contributed by atoms with Crippen LogP contribution in [0.25, 0.3) is 0 Å². The molecule has 3 rings (SSSR count). The van der Waals surface area contributed by atoms with Gasteiger partial charge < -0.3 is 10.6 Å². The van der Waals surface area contributed by atoms with Gasteiger partial charge in [-0.25, -0.2) is 0 Å². The van der Waals surface area contributed by atoms with E-state index in [1.165, 1.54) is 5.56 Å². The highest BCUT2D eigenvalue weighted by Crippen LogP contribution is 2.36. The van der Waals surface area contributed by atoms with Crippen LogP contribution >= 0.6 is 0 Å². The number of amides is 1. The van der Waals surface area contributed by atoms with E-state index in [0.717, 1.165) is 45.1 Å². The normalized spacial score (nSPS) is 29.7. The molecule has 4 atom stereocenters. The molecule has 0 bridgehead atoms. The summed E-state index contributed by atoms with van der Waals surface area (Å²) in [4.78, 5) is 15.1. The Morgan fingerprint density at radius 3 is 2.68 bits per heavy atom. The quantitative estimate of drug-likeness (QED) is 0.927. The summed E-state index contributed by atoms with van der Waals surface area (Å²) in [6.45, 7) is 3.17. The van der Waals surface area contributed by atoms with E-state index in [4.69, 9.17) is 5.73 Å². The van der Waals surface area contributed by atoms with E-state index in [1.54, 1.807) is 0 Å². The monoisotopic (exact) mass is 300 g/mol. The molecule has 1 aliphatic carbocycles. The van der Waals surface area contributed by atoms with Crippen LogP contribution in [0.4, 0.5) is 0 Å². The van der Waals surface area contributed by atoms with Crippen molar-refractivity contribution >= 4 is 5.91 Å². The molecule has 1 saturated heterocycles. The number of nitrogens with zero attached hydrogens (tertiary/aromatic N) is 1. The molecular formula is C19H28N2O. The summed E-state index contributed by atoms with van der Waals surface area (Å²) in [6.07, 6.45) is 6.22. The fourth-order valence-corrected chi connectivity index (χ4v) is 4.39. The molecule has 1 amide bonds. The smallest absolute Gasteiger partial charge is 0.226 e. The van der Waals surface area contributed by atoms with Crippen molar-refractivity contribution in [3.05, 3.63) is 35.9 Å². The molecule has 22 heavy (non-hydrogen) atoms. The molecular weight excluding hydrogens is 272 g/mol. The third kappa shape index (κ3) is 3.05. The summed E-state index contributed by atoms with van der Waals surface area (Å²) < 4.78 is 0. The van der Waals surface area contributed by atoms with Crippen LogP contribution in [0.5, 0.6) is 0 Å². The topological polar surface area (TPSA) is 46.3 Å². The predicted octanol–water partition coefficient (Wildman–Crippen LogP) is 3.30. The molecule has 1 heterocycles. The van der Waals surface area contributed by atoms with Gasteiger partial charge in [-0.1, -0.05) is 37.3 Å². The number of hydrogen-bond donors (Lipinski definition) is 1. The Labute approximate surface area is 133 Å². The van der Waals surface area contributed by atoms with Gasteiger partial charge in [0.05, 0.1) is 0 Å². The maximum atomic E-state index is 12.9. The summed E-state index contributed by atoms with van der Waals surface area (Å²) in [5.41, 5.74) is 7.38. The zero-order valence-electron chi connectivity index (χ0n) is 13.6. The van der Waals surface area contributed by atoms with Crippen molar-refractivity contribution in [3.63, 3.8) is 0 Å². The van der Waals surface area contributed by atoms with E-state index in [0.29, 0.717) is 17.9 Å². The van der Waals surface area contributed by atoms with Crippen molar-refractivity contribution in [2.75, 3.05) is 6.54 Å². The van der Waals surface area contributed by atoms with Crippen LogP contribution in [-0.2, 0) is 4.79 Å². The van der Waals surface area contributed by atoms with Gasteiger partial charge in [-0.15, -0.1) is 0 Å². The highest BCUT2D eigenvalue weighted by Gasteiger charge is 2.39.